The van der Waals surface area contributed by atoms with Crippen molar-refractivity contribution in [2.24, 2.45) is 0 Å². The SMILES string of the molecule is CC(C)Oc1cc(N2C(=O)C3CC(Cl)CCN3C2=O)c(F)cc1Cl. The number of halogens is 3. The van der Waals surface area contributed by atoms with Crippen molar-refractivity contribution in [3.05, 3.63) is 23.0 Å². The number of hydrogen-bond acceptors (Lipinski definition) is 3. The molecule has 2 aliphatic heterocycles. The van der Waals surface area contributed by atoms with Gasteiger partial charge in [0.15, 0.2) is 0 Å². The molecule has 2 atom stereocenters. The Labute approximate surface area is 149 Å². The van der Waals surface area contributed by atoms with Gasteiger partial charge in [-0.2, -0.15) is 0 Å². The number of anilines is 1. The van der Waals surface area contributed by atoms with Crippen LogP contribution in [0.4, 0.5) is 14.9 Å². The van der Waals surface area contributed by atoms with Crippen molar-refractivity contribution in [1.82, 2.24) is 4.90 Å². The third-order valence-corrected chi connectivity index (χ3v) is 4.78. The second kappa shape index (κ2) is 6.41. The molecule has 8 heteroatoms. The van der Waals surface area contributed by atoms with Crippen molar-refractivity contribution in [3.8, 4) is 5.75 Å². The zero-order valence-electron chi connectivity index (χ0n) is 13.3. The molecule has 3 rings (SSSR count). The molecule has 0 radical (unpaired) electrons. The van der Waals surface area contributed by atoms with Gasteiger partial charge in [0.25, 0.3) is 5.91 Å². The van der Waals surface area contributed by atoms with Gasteiger partial charge in [-0.1, -0.05) is 11.6 Å². The van der Waals surface area contributed by atoms with Crippen LogP contribution in [0.15, 0.2) is 12.1 Å². The zero-order valence-corrected chi connectivity index (χ0v) is 14.8. The quantitative estimate of drug-likeness (QED) is 0.597. The van der Waals surface area contributed by atoms with Crippen LogP contribution in [0.3, 0.4) is 0 Å². The van der Waals surface area contributed by atoms with Gasteiger partial charge in [-0.15, -0.1) is 11.6 Å². The van der Waals surface area contributed by atoms with E-state index in [1.54, 1.807) is 13.8 Å². The summed E-state index contributed by atoms with van der Waals surface area (Å²) in [5.41, 5.74) is -0.148. The Morgan fingerprint density at radius 1 is 1.33 bits per heavy atom. The number of imide groups is 1. The summed E-state index contributed by atoms with van der Waals surface area (Å²) in [6.07, 6.45) is 0.789. The molecular weight excluding hydrogens is 358 g/mol. The number of amides is 3. The Balaban J connectivity index is 1.99. The van der Waals surface area contributed by atoms with Gasteiger partial charge in [-0.05, 0) is 32.8 Å². The zero-order chi connectivity index (χ0) is 17.6. The predicted molar refractivity (Wildman–Crippen MR) is 89.4 cm³/mol. The normalized spacial score (nSPS) is 23.9. The van der Waals surface area contributed by atoms with Crippen molar-refractivity contribution in [2.45, 2.75) is 44.2 Å². The molecule has 2 saturated heterocycles. The third kappa shape index (κ3) is 2.93. The molecular formula is C16H17Cl2FN2O3. The fourth-order valence-corrected chi connectivity index (χ4v) is 3.47. The summed E-state index contributed by atoms with van der Waals surface area (Å²) in [6.45, 7) is 3.98. The Morgan fingerprint density at radius 3 is 2.71 bits per heavy atom. The van der Waals surface area contributed by atoms with Crippen LogP contribution in [0.25, 0.3) is 0 Å². The lowest BCUT2D eigenvalue weighted by Gasteiger charge is -2.29. The molecule has 2 heterocycles. The number of alkyl halides is 1. The molecule has 130 valence electrons. The fourth-order valence-electron chi connectivity index (χ4n) is 3.01. The Hall–Kier alpha value is -1.53. The van der Waals surface area contributed by atoms with Gasteiger partial charge >= 0.3 is 6.03 Å². The number of hydrogen-bond donors (Lipinski definition) is 0. The molecule has 0 bridgehead atoms. The van der Waals surface area contributed by atoms with Crippen LogP contribution in [-0.2, 0) is 4.79 Å². The summed E-state index contributed by atoms with van der Waals surface area (Å²) < 4.78 is 19.9. The van der Waals surface area contributed by atoms with E-state index in [2.05, 4.69) is 0 Å². The Morgan fingerprint density at radius 2 is 2.04 bits per heavy atom. The van der Waals surface area contributed by atoms with Gasteiger partial charge in [0, 0.05) is 18.0 Å². The summed E-state index contributed by atoms with van der Waals surface area (Å²) in [7, 11) is 0. The molecule has 3 amide bonds. The van der Waals surface area contributed by atoms with Gasteiger partial charge in [0.05, 0.1) is 16.8 Å². The maximum Gasteiger partial charge on any atom is 0.332 e. The van der Waals surface area contributed by atoms with Crippen molar-refractivity contribution < 1.29 is 18.7 Å². The monoisotopic (exact) mass is 374 g/mol. The number of carbonyl (C=O) groups excluding carboxylic acids is 2. The maximum absolute atomic E-state index is 14.4. The highest BCUT2D eigenvalue weighted by Crippen LogP contribution is 2.38. The summed E-state index contributed by atoms with van der Waals surface area (Å²) in [4.78, 5) is 27.5. The smallest absolute Gasteiger partial charge is 0.332 e. The van der Waals surface area contributed by atoms with E-state index in [1.807, 2.05) is 0 Å². The molecule has 0 spiro atoms. The molecule has 2 unspecified atom stereocenters. The van der Waals surface area contributed by atoms with E-state index >= 15 is 0 Å². The van der Waals surface area contributed by atoms with Crippen LogP contribution in [0, 0.1) is 5.82 Å². The number of nitrogens with zero attached hydrogens (tertiary/aromatic N) is 2. The molecule has 0 aromatic heterocycles. The number of carbonyl (C=O) groups is 2. The first-order valence-corrected chi connectivity index (χ1v) is 8.55. The van der Waals surface area contributed by atoms with E-state index in [0.29, 0.717) is 19.4 Å². The van der Waals surface area contributed by atoms with Crippen LogP contribution < -0.4 is 9.64 Å². The molecule has 5 nitrogen and oxygen atoms in total. The lowest BCUT2D eigenvalue weighted by molar-refractivity contribution is -0.120. The fraction of sp³-hybridized carbons (Fsp3) is 0.500. The standard InChI is InChI=1S/C16H17Cl2FN2O3/c1-8(2)24-14-7-12(11(19)6-10(14)18)21-15(22)13-5-9(17)3-4-20(13)16(21)23/h6-9,13H,3-5H2,1-2H3. The molecule has 1 aromatic rings. The second-order valence-corrected chi connectivity index (χ2v) is 7.21. The van der Waals surface area contributed by atoms with E-state index in [1.165, 1.54) is 11.0 Å². The van der Waals surface area contributed by atoms with Gasteiger partial charge < -0.3 is 9.64 Å². The van der Waals surface area contributed by atoms with Gasteiger partial charge in [-0.25, -0.2) is 14.1 Å². The first-order valence-electron chi connectivity index (χ1n) is 7.74. The van der Waals surface area contributed by atoms with Crippen LogP contribution in [0.2, 0.25) is 5.02 Å². The van der Waals surface area contributed by atoms with Crippen LogP contribution in [-0.4, -0.2) is 40.9 Å². The van der Waals surface area contributed by atoms with E-state index in [9.17, 15) is 14.0 Å². The average molecular weight is 375 g/mol. The van der Waals surface area contributed by atoms with E-state index in [-0.39, 0.29) is 27.9 Å². The minimum atomic E-state index is -0.750. The molecule has 2 aliphatic rings. The summed E-state index contributed by atoms with van der Waals surface area (Å²) in [6, 6.07) is 1.17. The number of fused-ring (bicyclic) bond motifs is 1. The molecule has 2 fully saturated rings. The van der Waals surface area contributed by atoms with Crippen LogP contribution >= 0.6 is 23.2 Å². The van der Waals surface area contributed by atoms with Gasteiger partial charge in [0.1, 0.15) is 17.6 Å². The molecule has 0 saturated carbocycles. The Kier molecular flexibility index (Phi) is 4.62. The molecule has 0 N–H and O–H groups in total. The van der Waals surface area contributed by atoms with Crippen molar-refractivity contribution in [1.29, 1.82) is 0 Å². The van der Waals surface area contributed by atoms with E-state index < -0.39 is 23.8 Å². The molecule has 24 heavy (non-hydrogen) atoms. The minimum Gasteiger partial charge on any atom is -0.489 e. The molecule has 0 aliphatic carbocycles. The first-order chi connectivity index (χ1) is 11.3. The van der Waals surface area contributed by atoms with Crippen LogP contribution in [0.1, 0.15) is 26.7 Å². The maximum atomic E-state index is 14.4. The van der Waals surface area contributed by atoms with Gasteiger partial charge in [0.2, 0.25) is 0 Å². The third-order valence-electron chi connectivity index (χ3n) is 4.09. The number of urea groups is 1. The summed E-state index contributed by atoms with van der Waals surface area (Å²) in [5.74, 6) is -0.995. The van der Waals surface area contributed by atoms with Crippen molar-refractivity contribution in [2.75, 3.05) is 11.4 Å². The average Bonchev–Trinajstić information content (AvgIpc) is 2.73. The Bertz CT molecular complexity index is 698. The lowest BCUT2D eigenvalue weighted by atomic mass is 10.0. The second-order valence-electron chi connectivity index (χ2n) is 6.19. The first kappa shape index (κ1) is 17.3. The number of piperidine rings is 1. The van der Waals surface area contributed by atoms with Crippen molar-refractivity contribution in [3.63, 3.8) is 0 Å². The number of ether oxygens (including phenoxy) is 1. The summed E-state index contributed by atoms with van der Waals surface area (Å²) in [5, 5.41) is -0.0829. The minimum absolute atomic E-state index is 0.0857. The highest BCUT2D eigenvalue weighted by atomic mass is 35.5. The lowest BCUT2D eigenvalue weighted by Crippen LogP contribution is -2.42. The number of benzene rings is 1. The predicted octanol–water partition coefficient (Wildman–Crippen LogP) is 3.80. The van der Waals surface area contributed by atoms with Crippen molar-refractivity contribution >= 4 is 40.8 Å². The highest BCUT2D eigenvalue weighted by molar-refractivity contribution is 6.32. The highest BCUT2D eigenvalue weighted by Gasteiger charge is 2.49. The van der Waals surface area contributed by atoms with Crippen LogP contribution in [0.5, 0.6) is 5.75 Å². The largest absolute Gasteiger partial charge is 0.489 e. The topological polar surface area (TPSA) is 49.9 Å². The van der Waals surface area contributed by atoms with E-state index in [0.717, 1.165) is 11.0 Å². The van der Waals surface area contributed by atoms with Gasteiger partial charge in [-0.3, -0.25) is 4.79 Å². The molecule has 1 aromatic carbocycles. The van der Waals surface area contributed by atoms with E-state index in [4.69, 9.17) is 27.9 Å². The summed E-state index contributed by atoms with van der Waals surface area (Å²) >= 11 is 12.1. The number of rotatable bonds is 3.